The molecule has 1 saturated heterocycles. The van der Waals surface area contributed by atoms with E-state index in [1.54, 1.807) is 0 Å². The SMILES string of the molecule is CC(S)OCC1(CN2CCC(CCC(C)(C)C)CC2)CC1. The molecule has 0 aromatic carbocycles. The number of rotatable bonds is 7. The van der Waals surface area contributed by atoms with Gasteiger partial charge in [0.15, 0.2) is 0 Å². The Morgan fingerprint density at radius 3 is 2.33 bits per heavy atom. The fraction of sp³-hybridized carbons (Fsp3) is 1.00. The van der Waals surface area contributed by atoms with E-state index in [1.807, 2.05) is 6.92 Å². The van der Waals surface area contributed by atoms with Crippen molar-refractivity contribution >= 4 is 12.6 Å². The summed E-state index contributed by atoms with van der Waals surface area (Å²) < 4.78 is 5.75. The second-order valence-corrected chi connectivity index (χ2v) is 9.46. The minimum Gasteiger partial charge on any atom is -0.368 e. The molecule has 1 heterocycles. The maximum Gasteiger partial charge on any atom is 0.0971 e. The molecule has 0 radical (unpaired) electrons. The summed E-state index contributed by atoms with van der Waals surface area (Å²) in [4.78, 5) is 2.69. The van der Waals surface area contributed by atoms with E-state index < -0.39 is 0 Å². The smallest absolute Gasteiger partial charge is 0.0971 e. The zero-order valence-corrected chi connectivity index (χ0v) is 15.4. The molecule has 2 nitrogen and oxygen atoms in total. The van der Waals surface area contributed by atoms with Crippen LogP contribution in [0.1, 0.15) is 66.2 Å². The Bertz CT molecular complexity index is 312. The topological polar surface area (TPSA) is 12.5 Å². The van der Waals surface area contributed by atoms with E-state index in [-0.39, 0.29) is 5.44 Å². The van der Waals surface area contributed by atoms with Gasteiger partial charge in [0.2, 0.25) is 0 Å². The fourth-order valence-electron chi connectivity index (χ4n) is 3.37. The lowest BCUT2D eigenvalue weighted by Crippen LogP contribution is -2.39. The van der Waals surface area contributed by atoms with Crippen molar-refractivity contribution in [3.63, 3.8) is 0 Å². The molecule has 0 bridgehead atoms. The molecular weight excluding hydrogens is 278 g/mol. The standard InChI is InChI=1S/C18H35NOS/c1-15(21)20-14-18(9-10-18)13-19-11-6-16(7-12-19)5-8-17(2,3)4/h15-16,21H,5-14H2,1-4H3. The third kappa shape index (κ3) is 6.50. The highest BCUT2D eigenvalue weighted by Gasteiger charge is 2.44. The van der Waals surface area contributed by atoms with E-state index >= 15 is 0 Å². The molecule has 0 aromatic heterocycles. The lowest BCUT2D eigenvalue weighted by Gasteiger charge is -2.35. The van der Waals surface area contributed by atoms with Crippen LogP contribution in [-0.2, 0) is 4.74 Å². The van der Waals surface area contributed by atoms with E-state index in [1.165, 1.54) is 58.2 Å². The van der Waals surface area contributed by atoms with E-state index in [2.05, 4.69) is 38.3 Å². The Kier molecular flexibility index (Phi) is 6.07. The number of hydrogen-bond donors (Lipinski definition) is 1. The van der Waals surface area contributed by atoms with Crippen LogP contribution in [0.4, 0.5) is 0 Å². The molecular formula is C18H35NOS. The van der Waals surface area contributed by atoms with Crippen molar-refractivity contribution in [3.8, 4) is 0 Å². The van der Waals surface area contributed by atoms with Gasteiger partial charge in [-0.25, -0.2) is 0 Å². The highest BCUT2D eigenvalue weighted by molar-refractivity contribution is 7.80. The van der Waals surface area contributed by atoms with Crippen molar-refractivity contribution < 1.29 is 4.74 Å². The number of likely N-dealkylation sites (tertiary alicyclic amines) is 1. The van der Waals surface area contributed by atoms with Crippen LogP contribution in [0.3, 0.4) is 0 Å². The van der Waals surface area contributed by atoms with Gasteiger partial charge in [0.1, 0.15) is 0 Å². The van der Waals surface area contributed by atoms with E-state index in [9.17, 15) is 0 Å². The van der Waals surface area contributed by atoms with Gasteiger partial charge < -0.3 is 9.64 Å². The summed E-state index contributed by atoms with van der Waals surface area (Å²) in [6.07, 6.45) is 8.28. The molecule has 2 fully saturated rings. The molecule has 3 heteroatoms. The Hall–Kier alpha value is 0.270. The average molecular weight is 314 g/mol. The first-order valence-corrected chi connectivity index (χ1v) is 9.32. The highest BCUT2D eigenvalue weighted by atomic mass is 32.1. The molecule has 124 valence electrons. The van der Waals surface area contributed by atoms with E-state index in [0.717, 1.165) is 12.5 Å². The van der Waals surface area contributed by atoms with Gasteiger partial charge in [-0.1, -0.05) is 20.8 Å². The van der Waals surface area contributed by atoms with Gasteiger partial charge in [-0.05, 0) is 69.9 Å². The molecule has 0 N–H and O–H groups in total. The predicted molar refractivity (Wildman–Crippen MR) is 93.9 cm³/mol. The summed E-state index contributed by atoms with van der Waals surface area (Å²) >= 11 is 4.33. The summed E-state index contributed by atoms with van der Waals surface area (Å²) in [5.41, 5.74) is 1.04. The van der Waals surface area contributed by atoms with Gasteiger partial charge in [0.05, 0.1) is 12.0 Å². The molecule has 0 amide bonds. The van der Waals surface area contributed by atoms with Gasteiger partial charge in [0, 0.05) is 12.0 Å². The Balaban J connectivity index is 1.65. The van der Waals surface area contributed by atoms with Crippen LogP contribution in [0.25, 0.3) is 0 Å². The molecule has 21 heavy (non-hydrogen) atoms. The summed E-state index contributed by atoms with van der Waals surface area (Å²) in [5, 5.41) is 0. The second kappa shape index (κ2) is 7.23. The zero-order chi connectivity index (χ0) is 15.5. The molecule has 2 aliphatic rings. The minimum atomic E-state index is 0.0746. The van der Waals surface area contributed by atoms with Crippen molar-refractivity contribution in [1.82, 2.24) is 4.90 Å². The highest BCUT2D eigenvalue weighted by Crippen LogP contribution is 2.47. The van der Waals surface area contributed by atoms with Crippen molar-refractivity contribution in [2.24, 2.45) is 16.7 Å². The Morgan fingerprint density at radius 2 is 1.86 bits per heavy atom. The lowest BCUT2D eigenvalue weighted by molar-refractivity contribution is 0.0546. The normalized spacial score (nSPS) is 25.0. The Labute approximate surface area is 137 Å². The number of ether oxygens (including phenoxy) is 1. The van der Waals surface area contributed by atoms with Crippen LogP contribution in [0.15, 0.2) is 0 Å². The predicted octanol–water partition coefficient (Wildman–Crippen LogP) is 4.60. The third-order valence-electron chi connectivity index (χ3n) is 5.16. The van der Waals surface area contributed by atoms with Gasteiger partial charge >= 0.3 is 0 Å². The molecule has 1 aliphatic carbocycles. The van der Waals surface area contributed by atoms with Crippen LogP contribution >= 0.6 is 12.6 Å². The summed E-state index contributed by atoms with van der Waals surface area (Å²) in [7, 11) is 0. The van der Waals surface area contributed by atoms with Crippen LogP contribution < -0.4 is 0 Å². The number of thiol groups is 1. The molecule has 1 saturated carbocycles. The summed E-state index contributed by atoms with van der Waals surface area (Å²) in [5.74, 6) is 0.962. The van der Waals surface area contributed by atoms with Gasteiger partial charge in [0.25, 0.3) is 0 Å². The lowest BCUT2D eigenvalue weighted by atomic mass is 9.83. The summed E-state index contributed by atoms with van der Waals surface area (Å²) in [6.45, 7) is 13.9. The van der Waals surface area contributed by atoms with E-state index in [4.69, 9.17) is 4.74 Å². The maximum atomic E-state index is 5.75. The largest absolute Gasteiger partial charge is 0.368 e. The summed E-state index contributed by atoms with van der Waals surface area (Å²) in [6, 6.07) is 0. The zero-order valence-electron chi connectivity index (χ0n) is 14.5. The molecule has 1 aliphatic heterocycles. The first kappa shape index (κ1) is 17.6. The van der Waals surface area contributed by atoms with Crippen LogP contribution in [-0.4, -0.2) is 36.6 Å². The fourth-order valence-corrected chi connectivity index (χ4v) is 3.44. The third-order valence-corrected chi connectivity index (χ3v) is 5.31. The van der Waals surface area contributed by atoms with Gasteiger partial charge in [-0.2, -0.15) is 0 Å². The van der Waals surface area contributed by atoms with Crippen LogP contribution in [0.2, 0.25) is 0 Å². The van der Waals surface area contributed by atoms with E-state index in [0.29, 0.717) is 10.8 Å². The second-order valence-electron chi connectivity index (χ2n) is 8.73. The van der Waals surface area contributed by atoms with Crippen LogP contribution in [0.5, 0.6) is 0 Å². The quantitative estimate of drug-likeness (QED) is 0.545. The van der Waals surface area contributed by atoms with Crippen molar-refractivity contribution in [1.29, 1.82) is 0 Å². The maximum absolute atomic E-state index is 5.75. The van der Waals surface area contributed by atoms with Crippen molar-refractivity contribution in [2.45, 2.75) is 71.7 Å². The van der Waals surface area contributed by atoms with Gasteiger partial charge in [-0.15, -0.1) is 12.6 Å². The molecule has 0 spiro atoms. The first-order valence-electron chi connectivity index (χ1n) is 8.80. The van der Waals surface area contributed by atoms with Crippen LogP contribution in [0, 0.1) is 16.7 Å². The molecule has 2 rings (SSSR count). The Morgan fingerprint density at radius 1 is 1.24 bits per heavy atom. The molecule has 1 atom stereocenters. The first-order chi connectivity index (χ1) is 9.78. The number of nitrogens with zero attached hydrogens (tertiary/aromatic N) is 1. The van der Waals surface area contributed by atoms with Gasteiger partial charge in [-0.3, -0.25) is 0 Å². The molecule has 1 unspecified atom stereocenters. The van der Waals surface area contributed by atoms with Crippen molar-refractivity contribution in [2.75, 3.05) is 26.2 Å². The van der Waals surface area contributed by atoms with Crippen molar-refractivity contribution in [3.05, 3.63) is 0 Å². The minimum absolute atomic E-state index is 0.0746. The monoisotopic (exact) mass is 313 g/mol. The molecule has 0 aromatic rings. The number of piperidine rings is 1. The average Bonchev–Trinajstić information content (AvgIpc) is 3.15. The number of hydrogen-bond acceptors (Lipinski definition) is 3.